The molecule has 0 unspecified atom stereocenters. The van der Waals surface area contributed by atoms with E-state index < -0.39 is 0 Å². The molecule has 1 aliphatic heterocycles. The van der Waals surface area contributed by atoms with Gasteiger partial charge >= 0.3 is 0 Å². The molecule has 0 aliphatic carbocycles. The zero-order valence-electron chi connectivity index (χ0n) is 14.4. The Morgan fingerprint density at radius 3 is 2.74 bits per heavy atom. The molecule has 1 saturated heterocycles. The number of rotatable bonds is 5. The lowest BCUT2D eigenvalue weighted by molar-refractivity contribution is 0.0863. The van der Waals surface area contributed by atoms with Crippen LogP contribution in [0.15, 0.2) is 12.3 Å². The highest BCUT2D eigenvalue weighted by Crippen LogP contribution is 2.35. The second kappa shape index (κ2) is 6.76. The molecule has 0 saturated carbocycles. The first-order valence-corrected chi connectivity index (χ1v) is 8.14. The number of tetrazole rings is 1. The monoisotopic (exact) mass is 318 g/mol. The van der Waals surface area contributed by atoms with Gasteiger partial charge in [-0.15, -0.1) is 5.10 Å². The predicted molar refractivity (Wildman–Crippen MR) is 86.4 cm³/mol. The van der Waals surface area contributed by atoms with Gasteiger partial charge in [0.2, 0.25) is 0 Å². The molecular formula is C15H26N8. The zero-order chi connectivity index (χ0) is 16.4. The van der Waals surface area contributed by atoms with Crippen molar-refractivity contribution in [3.8, 4) is 0 Å². The normalized spacial score (nSPS) is 22.8. The molecule has 1 fully saturated rings. The maximum atomic E-state index is 4.36. The summed E-state index contributed by atoms with van der Waals surface area (Å²) >= 11 is 0. The molecule has 8 heteroatoms. The number of hydrogen-bond donors (Lipinski definition) is 0. The number of aryl methyl sites for hydroxylation is 2. The van der Waals surface area contributed by atoms with Gasteiger partial charge in [0.1, 0.15) is 0 Å². The van der Waals surface area contributed by atoms with Gasteiger partial charge in [-0.25, -0.2) is 4.68 Å². The van der Waals surface area contributed by atoms with Crippen LogP contribution in [0.1, 0.15) is 30.4 Å². The quantitative estimate of drug-likeness (QED) is 0.798. The molecule has 0 bridgehead atoms. The van der Waals surface area contributed by atoms with Crippen molar-refractivity contribution in [2.75, 3.05) is 27.2 Å². The maximum absolute atomic E-state index is 4.36. The third-order valence-electron chi connectivity index (χ3n) is 4.83. The van der Waals surface area contributed by atoms with Gasteiger partial charge < -0.3 is 0 Å². The standard InChI is InChI=1S/C15H26N8/c1-20(11-14-17-18-19-23(14)4)10-12-6-5-9-21(2)15(12)13-7-8-16-22(13)3/h7-8,12,15H,5-6,9-11H2,1-4H3/t12-,15+/m0/s1. The van der Waals surface area contributed by atoms with Gasteiger partial charge in [0.25, 0.3) is 0 Å². The fraction of sp³-hybridized carbons (Fsp3) is 0.733. The minimum Gasteiger partial charge on any atom is -0.299 e. The fourth-order valence-electron chi connectivity index (χ4n) is 3.68. The lowest BCUT2D eigenvalue weighted by Gasteiger charge is -2.40. The summed E-state index contributed by atoms with van der Waals surface area (Å²) in [6.07, 6.45) is 4.38. The van der Waals surface area contributed by atoms with Crippen LogP contribution in [0.2, 0.25) is 0 Å². The van der Waals surface area contributed by atoms with E-state index in [0.717, 1.165) is 25.5 Å². The average molecular weight is 318 g/mol. The van der Waals surface area contributed by atoms with E-state index in [1.165, 1.54) is 18.5 Å². The maximum Gasteiger partial charge on any atom is 0.164 e. The van der Waals surface area contributed by atoms with E-state index in [-0.39, 0.29) is 0 Å². The van der Waals surface area contributed by atoms with Crippen LogP contribution in [0.25, 0.3) is 0 Å². The number of piperidine rings is 1. The van der Waals surface area contributed by atoms with Crippen LogP contribution in [-0.4, -0.2) is 67.0 Å². The Balaban J connectivity index is 1.71. The van der Waals surface area contributed by atoms with E-state index in [2.05, 4.69) is 50.6 Å². The lowest BCUT2D eigenvalue weighted by atomic mass is 9.87. The Kier molecular flexibility index (Phi) is 4.72. The van der Waals surface area contributed by atoms with E-state index in [4.69, 9.17) is 0 Å². The third-order valence-corrected chi connectivity index (χ3v) is 4.83. The van der Waals surface area contributed by atoms with Crippen molar-refractivity contribution in [3.63, 3.8) is 0 Å². The summed E-state index contributed by atoms with van der Waals surface area (Å²) in [5, 5.41) is 16.1. The van der Waals surface area contributed by atoms with Crippen LogP contribution in [0.5, 0.6) is 0 Å². The van der Waals surface area contributed by atoms with Crippen LogP contribution < -0.4 is 0 Å². The molecule has 8 nitrogen and oxygen atoms in total. The molecule has 0 radical (unpaired) electrons. The highest BCUT2D eigenvalue weighted by molar-refractivity contribution is 5.10. The molecule has 23 heavy (non-hydrogen) atoms. The average Bonchev–Trinajstić information content (AvgIpc) is 3.09. The smallest absolute Gasteiger partial charge is 0.164 e. The molecule has 0 N–H and O–H groups in total. The highest BCUT2D eigenvalue weighted by Gasteiger charge is 2.33. The van der Waals surface area contributed by atoms with Crippen LogP contribution in [0.3, 0.4) is 0 Å². The molecule has 3 rings (SSSR count). The van der Waals surface area contributed by atoms with Crippen molar-refractivity contribution in [3.05, 3.63) is 23.8 Å². The van der Waals surface area contributed by atoms with Crippen LogP contribution in [0.4, 0.5) is 0 Å². The van der Waals surface area contributed by atoms with Gasteiger partial charge in [-0.2, -0.15) is 5.10 Å². The van der Waals surface area contributed by atoms with Crippen molar-refractivity contribution < 1.29 is 0 Å². The largest absolute Gasteiger partial charge is 0.299 e. The predicted octanol–water partition coefficient (Wildman–Crippen LogP) is 0.459. The Morgan fingerprint density at radius 1 is 1.26 bits per heavy atom. The molecule has 3 heterocycles. The Morgan fingerprint density at radius 2 is 2.09 bits per heavy atom. The number of hydrogen-bond acceptors (Lipinski definition) is 6. The summed E-state index contributed by atoms with van der Waals surface area (Å²) in [7, 11) is 8.28. The number of nitrogens with zero attached hydrogens (tertiary/aromatic N) is 8. The molecule has 2 atom stereocenters. The number of likely N-dealkylation sites (tertiary alicyclic amines) is 1. The minimum absolute atomic E-state index is 0.413. The lowest BCUT2D eigenvalue weighted by Crippen LogP contribution is -2.41. The minimum atomic E-state index is 0.413. The molecule has 1 aliphatic rings. The van der Waals surface area contributed by atoms with E-state index in [0.29, 0.717) is 12.0 Å². The second-order valence-electron chi connectivity index (χ2n) is 6.62. The van der Waals surface area contributed by atoms with E-state index in [9.17, 15) is 0 Å². The van der Waals surface area contributed by atoms with Gasteiger partial charge in [0, 0.05) is 26.8 Å². The molecule has 126 valence electrons. The molecule has 0 amide bonds. The van der Waals surface area contributed by atoms with Crippen molar-refractivity contribution in [2.24, 2.45) is 20.0 Å². The van der Waals surface area contributed by atoms with Crippen LogP contribution >= 0.6 is 0 Å². The fourth-order valence-corrected chi connectivity index (χ4v) is 3.68. The van der Waals surface area contributed by atoms with E-state index in [1.54, 1.807) is 4.68 Å². The van der Waals surface area contributed by atoms with E-state index in [1.807, 2.05) is 25.0 Å². The summed E-state index contributed by atoms with van der Waals surface area (Å²) in [6, 6.07) is 2.56. The Hall–Kier alpha value is -1.80. The van der Waals surface area contributed by atoms with Gasteiger partial charge in [-0.1, -0.05) is 0 Å². The zero-order valence-corrected chi connectivity index (χ0v) is 14.4. The second-order valence-corrected chi connectivity index (χ2v) is 6.62. The first-order chi connectivity index (χ1) is 11.1. The Bertz CT molecular complexity index is 633. The van der Waals surface area contributed by atoms with Gasteiger partial charge in [0.05, 0.1) is 18.3 Å². The summed E-state index contributed by atoms with van der Waals surface area (Å²) in [6.45, 7) is 2.93. The summed E-state index contributed by atoms with van der Waals surface area (Å²) in [4.78, 5) is 4.78. The van der Waals surface area contributed by atoms with Crippen molar-refractivity contribution in [1.29, 1.82) is 0 Å². The highest BCUT2D eigenvalue weighted by atomic mass is 15.5. The summed E-state index contributed by atoms with van der Waals surface area (Å²) in [5.41, 5.74) is 1.30. The molecule has 2 aromatic heterocycles. The topological polar surface area (TPSA) is 67.9 Å². The van der Waals surface area contributed by atoms with Crippen molar-refractivity contribution >= 4 is 0 Å². The van der Waals surface area contributed by atoms with Gasteiger partial charge in [0.15, 0.2) is 5.82 Å². The summed E-state index contributed by atoms with van der Waals surface area (Å²) < 4.78 is 3.74. The first kappa shape index (κ1) is 16.1. The molecule has 0 spiro atoms. The van der Waals surface area contributed by atoms with Crippen LogP contribution in [-0.2, 0) is 20.6 Å². The van der Waals surface area contributed by atoms with Crippen LogP contribution in [0, 0.1) is 5.92 Å². The third kappa shape index (κ3) is 3.42. The molecule has 2 aromatic rings. The van der Waals surface area contributed by atoms with Crippen molar-refractivity contribution in [2.45, 2.75) is 25.4 Å². The van der Waals surface area contributed by atoms with E-state index >= 15 is 0 Å². The number of aromatic nitrogens is 6. The van der Waals surface area contributed by atoms with Crippen molar-refractivity contribution in [1.82, 2.24) is 39.8 Å². The SMILES string of the molecule is CN(Cc1nnnn1C)C[C@@H]1CCCN(C)[C@H]1c1ccnn1C. The summed E-state index contributed by atoms with van der Waals surface area (Å²) in [5.74, 6) is 1.48. The first-order valence-electron chi connectivity index (χ1n) is 8.14. The van der Waals surface area contributed by atoms with Gasteiger partial charge in [-0.3, -0.25) is 14.5 Å². The molecular weight excluding hydrogens is 292 g/mol. The van der Waals surface area contributed by atoms with Gasteiger partial charge in [-0.05, 0) is 55.9 Å². The molecule has 0 aromatic carbocycles. The Labute approximate surface area is 137 Å².